The van der Waals surface area contributed by atoms with Crippen molar-refractivity contribution in [3.8, 4) is 11.4 Å². The van der Waals surface area contributed by atoms with Crippen molar-refractivity contribution in [2.75, 3.05) is 5.73 Å². The molecule has 0 aliphatic heterocycles. The molecular formula is C18H18N5O2S+. The molecular weight excluding hydrogens is 350 g/mol. The molecule has 132 valence electrons. The fourth-order valence-corrected chi connectivity index (χ4v) is 2.54. The third-order valence-electron chi connectivity index (χ3n) is 3.61. The summed E-state index contributed by atoms with van der Waals surface area (Å²) in [5.41, 5.74) is 7.57. The minimum absolute atomic E-state index is 0.124. The highest BCUT2D eigenvalue weighted by Crippen LogP contribution is 2.21. The van der Waals surface area contributed by atoms with E-state index < -0.39 is 0 Å². The number of carbonyl (C=O) groups excluding carboxylic acids is 1. The Labute approximate surface area is 155 Å². The maximum Gasteiger partial charge on any atom is 0.373 e. The largest absolute Gasteiger partial charge is 0.456 e. The number of carbonyl (C=O) groups is 1. The van der Waals surface area contributed by atoms with Crippen molar-refractivity contribution in [1.82, 2.24) is 9.97 Å². The molecule has 0 saturated carbocycles. The Morgan fingerprint density at radius 2 is 1.88 bits per heavy atom. The van der Waals surface area contributed by atoms with Crippen LogP contribution in [0.5, 0.6) is 0 Å². The van der Waals surface area contributed by atoms with Gasteiger partial charge in [0, 0.05) is 23.9 Å². The van der Waals surface area contributed by atoms with E-state index in [4.69, 9.17) is 15.6 Å². The SMILES string of the molecule is NSc1cnc(-c2cc[n+](CC(=O)OCc3ccccc3)cc2)nc1N. The molecule has 0 bridgehead atoms. The second-order valence-corrected chi connectivity index (χ2v) is 6.14. The Morgan fingerprint density at radius 3 is 2.54 bits per heavy atom. The van der Waals surface area contributed by atoms with Gasteiger partial charge in [-0.15, -0.1) is 0 Å². The van der Waals surface area contributed by atoms with Crippen LogP contribution in [0.4, 0.5) is 5.82 Å². The van der Waals surface area contributed by atoms with E-state index in [0.717, 1.165) is 23.1 Å². The Morgan fingerprint density at radius 1 is 1.15 bits per heavy atom. The molecule has 0 radical (unpaired) electrons. The number of benzene rings is 1. The van der Waals surface area contributed by atoms with Gasteiger partial charge < -0.3 is 10.5 Å². The van der Waals surface area contributed by atoms with Crippen LogP contribution in [0.2, 0.25) is 0 Å². The minimum atomic E-state index is -0.309. The molecule has 26 heavy (non-hydrogen) atoms. The molecule has 0 atom stereocenters. The number of nitrogens with two attached hydrogens (primary N) is 2. The Balaban J connectivity index is 1.60. The molecule has 8 heteroatoms. The number of esters is 1. The summed E-state index contributed by atoms with van der Waals surface area (Å²) in [6.07, 6.45) is 5.12. The van der Waals surface area contributed by atoms with Gasteiger partial charge in [0.1, 0.15) is 12.4 Å². The fraction of sp³-hybridized carbons (Fsp3) is 0.111. The molecule has 0 saturated heterocycles. The summed E-state index contributed by atoms with van der Waals surface area (Å²) in [6, 6.07) is 13.2. The minimum Gasteiger partial charge on any atom is -0.456 e. The lowest BCUT2D eigenvalue weighted by molar-refractivity contribution is -0.685. The van der Waals surface area contributed by atoms with E-state index in [-0.39, 0.29) is 19.1 Å². The van der Waals surface area contributed by atoms with Gasteiger partial charge in [0.25, 0.3) is 0 Å². The zero-order valence-corrected chi connectivity index (χ0v) is 14.7. The van der Waals surface area contributed by atoms with E-state index in [1.165, 1.54) is 0 Å². The van der Waals surface area contributed by atoms with Crippen LogP contribution in [-0.2, 0) is 22.7 Å². The van der Waals surface area contributed by atoms with Gasteiger partial charge in [-0.25, -0.2) is 14.8 Å². The fourth-order valence-electron chi connectivity index (χ4n) is 2.26. The third-order valence-corrected chi connectivity index (χ3v) is 4.18. The first-order chi connectivity index (χ1) is 12.7. The average Bonchev–Trinajstić information content (AvgIpc) is 2.68. The maximum atomic E-state index is 12.0. The van der Waals surface area contributed by atoms with Crippen molar-refractivity contribution < 1.29 is 14.1 Å². The molecule has 4 N–H and O–H groups in total. The molecule has 7 nitrogen and oxygen atoms in total. The van der Waals surface area contributed by atoms with Gasteiger partial charge in [0.2, 0.25) is 6.54 Å². The molecule has 0 aliphatic rings. The Kier molecular flexibility index (Phi) is 5.77. The van der Waals surface area contributed by atoms with Gasteiger partial charge in [-0.3, -0.25) is 5.14 Å². The summed E-state index contributed by atoms with van der Waals surface area (Å²) >= 11 is 1.01. The number of rotatable bonds is 6. The molecule has 0 aliphatic carbocycles. The van der Waals surface area contributed by atoms with Gasteiger partial charge in [-0.2, -0.15) is 4.57 Å². The van der Waals surface area contributed by atoms with E-state index >= 15 is 0 Å². The van der Waals surface area contributed by atoms with Crippen molar-refractivity contribution in [2.24, 2.45) is 5.14 Å². The second-order valence-electron chi connectivity index (χ2n) is 5.47. The standard InChI is InChI=1S/C18H18N5O2S/c19-17-15(26-20)10-21-18(22-17)14-6-8-23(9-7-14)11-16(24)25-12-13-4-2-1-3-5-13/h1-10H,11-12,20H2,(H2,19,21,22)/q+1. The maximum absolute atomic E-state index is 12.0. The Bertz CT molecular complexity index is 888. The number of nitrogen functional groups attached to an aromatic ring is 1. The Hall–Kier alpha value is -2.97. The summed E-state index contributed by atoms with van der Waals surface area (Å²) in [6.45, 7) is 0.385. The van der Waals surface area contributed by atoms with E-state index in [1.54, 1.807) is 23.2 Å². The molecule has 0 amide bonds. The van der Waals surface area contributed by atoms with Gasteiger partial charge >= 0.3 is 5.97 Å². The smallest absolute Gasteiger partial charge is 0.373 e. The van der Waals surface area contributed by atoms with E-state index in [2.05, 4.69) is 9.97 Å². The highest BCUT2D eigenvalue weighted by atomic mass is 32.2. The predicted octanol–water partition coefficient (Wildman–Crippen LogP) is 1.72. The summed E-state index contributed by atoms with van der Waals surface area (Å²) < 4.78 is 7.00. The second kappa shape index (κ2) is 8.41. The molecule has 0 fully saturated rings. The number of anilines is 1. The van der Waals surface area contributed by atoms with Crippen LogP contribution >= 0.6 is 11.9 Å². The monoisotopic (exact) mass is 368 g/mol. The normalized spacial score (nSPS) is 10.5. The molecule has 0 spiro atoms. The predicted molar refractivity (Wildman–Crippen MR) is 98.4 cm³/mol. The third kappa shape index (κ3) is 4.56. The van der Waals surface area contributed by atoms with Crippen LogP contribution in [0.1, 0.15) is 5.56 Å². The quantitative estimate of drug-likeness (QED) is 0.387. The molecule has 0 unspecified atom stereocenters. The lowest BCUT2D eigenvalue weighted by Gasteiger charge is -2.04. The number of hydrogen-bond acceptors (Lipinski definition) is 7. The first-order valence-electron chi connectivity index (χ1n) is 7.84. The van der Waals surface area contributed by atoms with Crippen molar-refractivity contribution in [2.45, 2.75) is 18.0 Å². The van der Waals surface area contributed by atoms with Crippen molar-refractivity contribution in [3.63, 3.8) is 0 Å². The first kappa shape index (κ1) is 17.8. The zero-order chi connectivity index (χ0) is 18.4. The number of ether oxygens (including phenoxy) is 1. The number of hydrogen-bond donors (Lipinski definition) is 2. The lowest BCUT2D eigenvalue weighted by Crippen LogP contribution is -2.37. The highest BCUT2D eigenvalue weighted by Gasteiger charge is 2.12. The van der Waals surface area contributed by atoms with Gasteiger partial charge in [0.15, 0.2) is 18.2 Å². The van der Waals surface area contributed by atoms with E-state index in [1.807, 2.05) is 42.5 Å². The van der Waals surface area contributed by atoms with Gasteiger partial charge in [-0.05, 0) is 17.5 Å². The first-order valence-corrected chi connectivity index (χ1v) is 8.72. The number of nitrogens with zero attached hydrogens (tertiary/aromatic N) is 3. The molecule has 2 aromatic heterocycles. The topological polar surface area (TPSA) is 108 Å². The van der Waals surface area contributed by atoms with Crippen LogP contribution in [0.25, 0.3) is 11.4 Å². The summed E-state index contributed by atoms with van der Waals surface area (Å²) in [5.74, 6) is 0.527. The molecule has 2 heterocycles. The number of aromatic nitrogens is 3. The zero-order valence-electron chi connectivity index (χ0n) is 13.9. The van der Waals surface area contributed by atoms with Crippen molar-refractivity contribution in [1.29, 1.82) is 0 Å². The van der Waals surface area contributed by atoms with Gasteiger partial charge in [0.05, 0.1) is 4.90 Å². The van der Waals surface area contributed by atoms with E-state index in [0.29, 0.717) is 16.5 Å². The summed E-state index contributed by atoms with van der Waals surface area (Å²) in [4.78, 5) is 21.1. The number of pyridine rings is 1. The van der Waals surface area contributed by atoms with Crippen LogP contribution in [0, 0.1) is 0 Å². The lowest BCUT2D eigenvalue weighted by atomic mass is 10.2. The van der Waals surface area contributed by atoms with Crippen LogP contribution in [0.15, 0.2) is 66.0 Å². The highest BCUT2D eigenvalue weighted by molar-refractivity contribution is 7.97. The van der Waals surface area contributed by atoms with Crippen molar-refractivity contribution >= 4 is 23.7 Å². The summed E-state index contributed by atoms with van der Waals surface area (Å²) in [5, 5.41) is 5.48. The van der Waals surface area contributed by atoms with Crippen LogP contribution in [0.3, 0.4) is 0 Å². The van der Waals surface area contributed by atoms with Crippen LogP contribution < -0.4 is 15.4 Å². The molecule has 1 aromatic carbocycles. The summed E-state index contributed by atoms with van der Waals surface area (Å²) in [7, 11) is 0. The molecule has 3 rings (SSSR count). The van der Waals surface area contributed by atoms with Crippen molar-refractivity contribution in [3.05, 3.63) is 66.6 Å². The van der Waals surface area contributed by atoms with Gasteiger partial charge in [-0.1, -0.05) is 30.3 Å². The molecule has 3 aromatic rings. The average molecular weight is 368 g/mol. The van der Waals surface area contributed by atoms with E-state index in [9.17, 15) is 4.79 Å². The van der Waals surface area contributed by atoms with Crippen LogP contribution in [-0.4, -0.2) is 15.9 Å².